The van der Waals surface area contributed by atoms with E-state index in [9.17, 15) is 18.0 Å². The highest BCUT2D eigenvalue weighted by Crippen LogP contribution is 2.38. The Morgan fingerprint density at radius 2 is 1.88 bits per heavy atom. The van der Waals surface area contributed by atoms with E-state index in [0.717, 1.165) is 11.8 Å². The summed E-state index contributed by atoms with van der Waals surface area (Å²) in [5, 5.41) is 8.62. The van der Waals surface area contributed by atoms with Gasteiger partial charge in [-0.15, -0.1) is 10.2 Å². The van der Waals surface area contributed by atoms with Crippen molar-refractivity contribution in [3.8, 4) is 11.5 Å². The van der Waals surface area contributed by atoms with Gasteiger partial charge in [0.15, 0.2) is 11.6 Å². The van der Waals surface area contributed by atoms with Crippen LogP contribution in [0.25, 0.3) is 11.5 Å². The van der Waals surface area contributed by atoms with Crippen LogP contribution < -0.4 is 0 Å². The molecule has 32 heavy (non-hydrogen) atoms. The molecule has 0 aliphatic carbocycles. The second kappa shape index (κ2) is 7.40. The van der Waals surface area contributed by atoms with Gasteiger partial charge < -0.3 is 14.2 Å². The molecule has 1 saturated heterocycles. The van der Waals surface area contributed by atoms with Gasteiger partial charge in [-0.2, -0.15) is 13.2 Å². The van der Waals surface area contributed by atoms with E-state index in [1.807, 2.05) is 29.7 Å². The van der Waals surface area contributed by atoms with Crippen molar-refractivity contribution >= 4 is 5.91 Å². The largest absolute Gasteiger partial charge is 0.416 e. The van der Waals surface area contributed by atoms with Crippen LogP contribution in [0.1, 0.15) is 39.0 Å². The van der Waals surface area contributed by atoms with Gasteiger partial charge >= 0.3 is 6.18 Å². The van der Waals surface area contributed by atoms with Crippen LogP contribution in [0.5, 0.6) is 0 Å². The minimum Gasteiger partial charge on any atom is -0.377 e. The third-order valence-corrected chi connectivity index (χ3v) is 6.01. The molecule has 166 valence electrons. The van der Waals surface area contributed by atoms with E-state index in [1.54, 1.807) is 4.90 Å². The van der Waals surface area contributed by atoms with Crippen LogP contribution in [0.4, 0.5) is 13.2 Å². The molecule has 5 rings (SSSR count). The second-order valence-electron chi connectivity index (χ2n) is 8.05. The number of morpholine rings is 1. The fourth-order valence-electron chi connectivity index (χ4n) is 4.50. The average molecular weight is 443 g/mol. The maximum Gasteiger partial charge on any atom is 0.416 e. The number of benzene rings is 1. The summed E-state index contributed by atoms with van der Waals surface area (Å²) in [5.74, 6) is 0.677. The van der Waals surface area contributed by atoms with Gasteiger partial charge in [0.1, 0.15) is 11.7 Å². The predicted molar refractivity (Wildman–Crippen MR) is 108 cm³/mol. The molecular formula is C22H20F3N5O2. The van der Waals surface area contributed by atoms with Crippen molar-refractivity contribution in [1.82, 2.24) is 24.6 Å². The Hall–Kier alpha value is -3.27. The van der Waals surface area contributed by atoms with E-state index < -0.39 is 23.7 Å². The smallest absolute Gasteiger partial charge is 0.377 e. The summed E-state index contributed by atoms with van der Waals surface area (Å²) >= 11 is 0. The molecule has 10 heteroatoms. The number of halogens is 3. The van der Waals surface area contributed by atoms with Gasteiger partial charge in [0, 0.05) is 17.8 Å². The van der Waals surface area contributed by atoms with Crippen molar-refractivity contribution in [2.24, 2.45) is 0 Å². The molecule has 2 aliphatic heterocycles. The van der Waals surface area contributed by atoms with Gasteiger partial charge in [-0.1, -0.05) is 12.1 Å². The van der Waals surface area contributed by atoms with Crippen LogP contribution in [-0.2, 0) is 17.5 Å². The number of rotatable bonds is 2. The lowest BCUT2D eigenvalue weighted by molar-refractivity contribution is -0.138. The average Bonchev–Trinajstić information content (AvgIpc) is 3.16. The van der Waals surface area contributed by atoms with Gasteiger partial charge in [0.25, 0.3) is 5.91 Å². The van der Waals surface area contributed by atoms with E-state index >= 15 is 0 Å². The number of aromatic nitrogens is 4. The molecule has 0 N–H and O–H groups in total. The van der Waals surface area contributed by atoms with Crippen LogP contribution in [0, 0.1) is 13.8 Å². The zero-order valence-electron chi connectivity index (χ0n) is 17.4. The lowest BCUT2D eigenvalue weighted by Crippen LogP contribution is -2.56. The molecule has 7 nitrogen and oxygen atoms in total. The highest BCUT2D eigenvalue weighted by atomic mass is 19.4. The molecular weight excluding hydrogens is 423 g/mol. The van der Waals surface area contributed by atoms with Gasteiger partial charge in [-0.25, -0.2) is 4.98 Å². The molecule has 3 aromatic rings. The normalized spacial score (nSPS) is 20.2. The highest BCUT2D eigenvalue weighted by molar-refractivity contribution is 5.96. The quantitative estimate of drug-likeness (QED) is 0.606. The highest BCUT2D eigenvalue weighted by Gasteiger charge is 2.45. The van der Waals surface area contributed by atoms with E-state index in [0.29, 0.717) is 23.9 Å². The monoisotopic (exact) mass is 443 g/mol. The number of nitrogens with zero attached hydrogens (tertiary/aromatic N) is 5. The van der Waals surface area contributed by atoms with Crippen LogP contribution in [0.2, 0.25) is 0 Å². The van der Waals surface area contributed by atoms with Crippen molar-refractivity contribution in [2.75, 3.05) is 13.2 Å². The van der Waals surface area contributed by atoms with E-state index in [-0.39, 0.29) is 30.4 Å². The number of pyridine rings is 1. The second-order valence-corrected chi connectivity index (χ2v) is 8.05. The maximum atomic E-state index is 13.5. The fourth-order valence-corrected chi connectivity index (χ4v) is 4.50. The van der Waals surface area contributed by atoms with Crippen LogP contribution in [0.15, 0.2) is 36.4 Å². The first-order chi connectivity index (χ1) is 15.3. The fraction of sp³-hybridized carbons (Fsp3) is 0.364. The van der Waals surface area contributed by atoms with Gasteiger partial charge in [-0.05, 0) is 43.7 Å². The summed E-state index contributed by atoms with van der Waals surface area (Å²) in [5.41, 5.74) is 0.663. The van der Waals surface area contributed by atoms with Crippen LogP contribution >= 0.6 is 0 Å². The summed E-state index contributed by atoms with van der Waals surface area (Å²) < 4.78 is 47.8. The summed E-state index contributed by atoms with van der Waals surface area (Å²) in [7, 11) is 0. The summed E-state index contributed by atoms with van der Waals surface area (Å²) in [6.07, 6.45) is -4.53. The Kier molecular flexibility index (Phi) is 4.77. The molecule has 0 saturated carbocycles. The van der Waals surface area contributed by atoms with E-state index in [2.05, 4.69) is 15.2 Å². The van der Waals surface area contributed by atoms with E-state index in [1.165, 1.54) is 19.1 Å². The first-order valence-corrected chi connectivity index (χ1v) is 10.2. The topological polar surface area (TPSA) is 73.1 Å². The van der Waals surface area contributed by atoms with Crippen molar-refractivity contribution in [3.63, 3.8) is 0 Å². The Bertz CT molecular complexity index is 1210. The number of carbonyl (C=O) groups excluding carboxylic acids is 1. The maximum absolute atomic E-state index is 13.5. The molecule has 2 aromatic heterocycles. The first-order valence-electron chi connectivity index (χ1n) is 10.2. The van der Waals surface area contributed by atoms with E-state index in [4.69, 9.17) is 4.74 Å². The van der Waals surface area contributed by atoms with Crippen LogP contribution in [-0.4, -0.2) is 49.8 Å². The minimum absolute atomic E-state index is 0.0327. The number of amides is 1. The van der Waals surface area contributed by atoms with Gasteiger partial charge in [-0.3, -0.25) is 4.79 Å². The van der Waals surface area contributed by atoms with Crippen LogP contribution in [0.3, 0.4) is 0 Å². The SMILES string of the molecule is Cc1cccc(-c2nnc3n2CC2COCC3N2C(=O)c2cccc(C(F)(F)F)c2C)n1. The lowest BCUT2D eigenvalue weighted by Gasteiger charge is -2.45. The number of carbonyl (C=O) groups is 1. The molecule has 0 radical (unpaired) electrons. The molecule has 2 unspecified atom stereocenters. The molecule has 0 spiro atoms. The lowest BCUT2D eigenvalue weighted by atomic mass is 9.97. The summed E-state index contributed by atoms with van der Waals surface area (Å²) in [4.78, 5) is 19.6. The zero-order valence-corrected chi connectivity index (χ0v) is 17.4. The third kappa shape index (κ3) is 3.26. The molecule has 2 atom stereocenters. The predicted octanol–water partition coefficient (Wildman–Crippen LogP) is 3.57. The molecule has 4 heterocycles. The summed E-state index contributed by atoms with van der Waals surface area (Å²) in [6.45, 7) is 4.05. The number of fused-ring (bicyclic) bond motifs is 4. The molecule has 1 fully saturated rings. The Morgan fingerprint density at radius 3 is 2.62 bits per heavy atom. The number of ether oxygens (including phenoxy) is 1. The van der Waals surface area contributed by atoms with Crippen molar-refractivity contribution in [2.45, 2.75) is 38.7 Å². The number of alkyl halides is 3. The Morgan fingerprint density at radius 1 is 1.09 bits per heavy atom. The van der Waals surface area contributed by atoms with Gasteiger partial charge in [0.05, 0.1) is 24.8 Å². The standard InChI is InChI=1S/C22H20F3N5O2/c1-12-5-3-8-17(26-12)19-27-28-20-18-11-32-10-14(9-29(19)20)30(18)21(31)15-6-4-7-16(13(15)2)22(23,24)25/h3-8,14,18H,9-11H2,1-2H3. The Balaban J connectivity index is 1.55. The zero-order chi connectivity index (χ0) is 22.6. The molecule has 2 aliphatic rings. The molecule has 1 aromatic carbocycles. The molecule has 1 amide bonds. The Labute approximate surface area is 181 Å². The van der Waals surface area contributed by atoms with Crippen molar-refractivity contribution in [3.05, 3.63) is 64.6 Å². The van der Waals surface area contributed by atoms with Crippen molar-refractivity contribution in [1.29, 1.82) is 0 Å². The number of aryl methyl sites for hydroxylation is 1. The van der Waals surface area contributed by atoms with Gasteiger partial charge in [0.2, 0.25) is 0 Å². The summed E-state index contributed by atoms with van der Waals surface area (Å²) in [6, 6.07) is 8.41. The minimum atomic E-state index is -4.53. The molecule has 2 bridgehead atoms. The van der Waals surface area contributed by atoms with Crippen molar-refractivity contribution < 1.29 is 22.7 Å². The third-order valence-electron chi connectivity index (χ3n) is 6.01. The first kappa shape index (κ1) is 20.6. The number of hydrogen-bond donors (Lipinski definition) is 0. The number of hydrogen-bond acceptors (Lipinski definition) is 5.